The van der Waals surface area contributed by atoms with Gasteiger partial charge in [-0.2, -0.15) is 0 Å². The molecule has 2 aromatic rings. The van der Waals surface area contributed by atoms with E-state index in [0.717, 1.165) is 5.56 Å². The highest BCUT2D eigenvalue weighted by Gasteiger charge is 2.08. The monoisotopic (exact) mass is 370 g/mol. The van der Waals surface area contributed by atoms with Crippen molar-refractivity contribution in [3.05, 3.63) is 65.2 Å². The first-order valence-electron chi connectivity index (χ1n) is 8.55. The molecule has 0 aliphatic heterocycles. The van der Waals surface area contributed by atoms with Crippen LogP contribution in [0.5, 0.6) is 5.75 Å². The van der Waals surface area contributed by atoms with Crippen LogP contribution in [0.1, 0.15) is 28.4 Å². The summed E-state index contributed by atoms with van der Waals surface area (Å²) >= 11 is 0. The number of likely N-dealkylation sites (N-methyl/N-ethyl adjacent to an activating group) is 1. The van der Waals surface area contributed by atoms with E-state index in [2.05, 4.69) is 10.6 Å². The molecular formula is C20H22N2O5. The number of amides is 2. The molecule has 0 atom stereocenters. The summed E-state index contributed by atoms with van der Waals surface area (Å²) in [5.74, 6) is -0.894. The van der Waals surface area contributed by atoms with Crippen LogP contribution in [0.4, 0.5) is 0 Å². The highest BCUT2D eigenvalue weighted by atomic mass is 16.5. The second-order valence-electron chi connectivity index (χ2n) is 5.85. The van der Waals surface area contributed by atoms with E-state index in [4.69, 9.17) is 9.84 Å². The topological polar surface area (TPSA) is 105 Å². The minimum Gasteiger partial charge on any atom is -0.484 e. The van der Waals surface area contributed by atoms with Gasteiger partial charge in [-0.05, 0) is 42.3 Å². The Hall–Kier alpha value is -3.35. The molecule has 0 spiro atoms. The third-order valence-electron chi connectivity index (χ3n) is 3.67. The van der Waals surface area contributed by atoms with Crippen LogP contribution in [0, 0.1) is 0 Å². The highest BCUT2D eigenvalue weighted by Crippen LogP contribution is 2.13. The van der Waals surface area contributed by atoms with Gasteiger partial charge in [-0.25, -0.2) is 4.79 Å². The molecule has 27 heavy (non-hydrogen) atoms. The lowest BCUT2D eigenvalue weighted by atomic mass is 10.1. The number of benzene rings is 2. The number of rotatable bonds is 9. The van der Waals surface area contributed by atoms with Crippen LogP contribution >= 0.6 is 0 Å². The Labute approximate surface area is 157 Å². The Morgan fingerprint density at radius 3 is 2.44 bits per heavy atom. The maximum Gasteiger partial charge on any atom is 0.335 e. The predicted octanol–water partition coefficient (Wildman–Crippen LogP) is 1.76. The van der Waals surface area contributed by atoms with Crippen molar-refractivity contribution < 1.29 is 24.2 Å². The van der Waals surface area contributed by atoms with E-state index in [0.29, 0.717) is 24.4 Å². The molecule has 0 aliphatic rings. The van der Waals surface area contributed by atoms with Gasteiger partial charge in [-0.3, -0.25) is 9.59 Å². The van der Waals surface area contributed by atoms with Crippen LogP contribution in [-0.4, -0.2) is 36.0 Å². The average Bonchev–Trinajstić information content (AvgIpc) is 2.65. The third kappa shape index (κ3) is 6.81. The summed E-state index contributed by atoms with van der Waals surface area (Å²) in [5, 5.41) is 14.4. The van der Waals surface area contributed by atoms with Crippen molar-refractivity contribution in [1.82, 2.24) is 10.6 Å². The maximum atomic E-state index is 12.1. The van der Waals surface area contributed by atoms with Gasteiger partial charge in [0.2, 0.25) is 5.91 Å². The Kier molecular flexibility index (Phi) is 7.37. The van der Waals surface area contributed by atoms with Gasteiger partial charge in [0.05, 0.1) is 12.0 Å². The fraction of sp³-hybridized carbons (Fsp3) is 0.250. The zero-order chi connectivity index (χ0) is 19.6. The minimum absolute atomic E-state index is 0.0659. The van der Waals surface area contributed by atoms with Gasteiger partial charge in [-0.15, -0.1) is 0 Å². The zero-order valence-electron chi connectivity index (χ0n) is 15.0. The lowest BCUT2D eigenvalue weighted by molar-refractivity contribution is -0.123. The molecule has 142 valence electrons. The molecule has 7 heteroatoms. The van der Waals surface area contributed by atoms with Crippen LogP contribution in [0.25, 0.3) is 0 Å². The summed E-state index contributed by atoms with van der Waals surface area (Å²) in [4.78, 5) is 34.5. The zero-order valence-corrected chi connectivity index (χ0v) is 15.0. The van der Waals surface area contributed by atoms with Crippen molar-refractivity contribution in [2.45, 2.75) is 19.9 Å². The minimum atomic E-state index is -1.03. The summed E-state index contributed by atoms with van der Waals surface area (Å²) in [7, 11) is 0. The molecule has 0 aliphatic carbocycles. The van der Waals surface area contributed by atoms with E-state index in [1.54, 1.807) is 30.3 Å². The van der Waals surface area contributed by atoms with E-state index in [1.165, 1.54) is 12.1 Å². The van der Waals surface area contributed by atoms with Gasteiger partial charge in [0.25, 0.3) is 5.91 Å². The standard InChI is InChI=1S/C20H22N2O5/c1-2-21-19(24)13-27-17-8-4-6-15(10-17)12-22-18(23)11-14-5-3-7-16(9-14)20(25)26/h3-10H,2,11-13H2,1H3,(H,21,24)(H,22,23)(H,25,26). The van der Waals surface area contributed by atoms with E-state index in [-0.39, 0.29) is 30.4 Å². The van der Waals surface area contributed by atoms with Crippen LogP contribution in [-0.2, 0) is 22.6 Å². The first-order chi connectivity index (χ1) is 13.0. The number of carbonyl (C=O) groups excluding carboxylic acids is 2. The van der Waals surface area contributed by atoms with Crippen molar-refractivity contribution in [2.75, 3.05) is 13.2 Å². The second kappa shape index (κ2) is 9.96. The predicted molar refractivity (Wildman–Crippen MR) is 99.6 cm³/mol. The van der Waals surface area contributed by atoms with Gasteiger partial charge in [0.15, 0.2) is 6.61 Å². The van der Waals surface area contributed by atoms with Crippen molar-refractivity contribution in [3.8, 4) is 5.75 Å². The number of nitrogens with one attached hydrogen (secondary N) is 2. The molecule has 0 fully saturated rings. The van der Waals surface area contributed by atoms with E-state index in [1.807, 2.05) is 13.0 Å². The van der Waals surface area contributed by atoms with Crippen molar-refractivity contribution >= 4 is 17.8 Å². The summed E-state index contributed by atoms with van der Waals surface area (Å²) in [6, 6.07) is 13.4. The molecule has 0 unspecified atom stereocenters. The van der Waals surface area contributed by atoms with Gasteiger partial charge in [0.1, 0.15) is 5.75 Å². The molecule has 3 N–H and O–H groups in total. The number of carboxylic acids is 1. The molecular weight excluding hydrogens is 348 g/mol. The highest BCUT2D eigenvalue weighted by molar-refractivity contribution is 5.88. The Morgan fingerprint density at radius 1 is 0.963 bits per heavy atom. The van der Waals surface area contributed by atoms with Crippen molar-refractivity contribution in [3.63, 3.8) is 0 Å². The fourth-order valence-electron chi connectivity index (χ4n) is 2.41. The van der Waals surface area contributed by atoms with Crippen LogP contribution in [0.2, 0.25) is 0 Å². The summed E-state index contributed by atoms with van der Waals surface area (Å²) in [6.07, 6.45) is 0.0918. The van der Waals surface area contributed by atoms with Gasteiger partial charge in [-0.1, -0.05) is 24.3 Å². The smallest absolute Gasteiger partial charge is 0.335 e. The molecule has 2 aromatic carbocycles. The van der Waals surface area contributed by atoms with E-state index >= 15 is 0 Å². The molecule has 0 aromatic heterocycles. The molecule has 0 heterocycles. The third-order valence-corrected chi connectivity index (χ3v) is 3.67. The number of hydrogen-bond acceptors (Lipinski definition) is 4. The van der Waals surface area contributed by atoms with Gasteiger partial charge >= 0.3 is 5.97 Å². The Morgan fingerprint density at radius 2 is 1.70 bits per heavy atom. The fourth-order valence-corrected chi connectivity index (χ4v) is 2.41. The van der Waals surface area contributed by atoms with Crippen LogP contribution in [0.15, 0.2) is 48.5 Å². The Bertz CT molecular complexity index is 820. The van der Waals surface area contributed by atoms with E-state index < -0.39 is 5.97 Å². The number of carboxylic acid groups (broad SMARTS) is 1. The molecule has 7 nitrogen and oxygen atoms in total. The van der Waals surface area contributed by atoms with Crippen molar-refractivity contribution in [1.29, 1.82) is 0 Å². The normalized spacial score (nSPS) is 10.1. The largest absolute Gasteiger partial charge is 0.484 e. The Balaban J connectivity index is 1.86. The molecule has 0 saturated heterocycles. The van der Waals surface area contributed by atoms with Gasteiger partial charge in [0, 0.05) is 13.1 Å². The quantitative estimate of drug-likeness (QED) is 0.624. The van der Waals surface area contributed by atoms with Crippen LogP contribution < -0.4 is 15.4 Å². The second-order valence-corrected chi connectivity index (χ2v) is 5.85. The summed E-state index contributed by atoms with van der Waals surface area (Å²) in [5.41, 5.74) is 1.61. The number of aromatic carboxylic acids is 1. The van der Waals surface area contributed by atoms with E-state index in [9.17, 15) is 14.4 Å². The van der Waals surface area contributed by atoms with Crippen molar-refractivity contribution in [2.24, 2.45) is 0 Å². The SMILES string of the molecule is CCNC(=O)COc1cccc(CNC(=O)Cc2cccc(C(=O)O)c2)c1. The molecule has 2 rings (SSSR count). The summed E-state index contributed by atoms with van der Waals surface area (Å²) in [6.45, 7) is 2.61. The molecule has 0 radical (unpaired) electrons. The number of hydrogen-bond donors (Lipinski definition) is 3. The lowest BCUT2D eigenvalue weighted by Crippen LogP contribution is -2.28. The van der Waals surface area contributed by atoms with Gasteiger partial charge < -0.3 is 20.5 Å². The summed E-state index contributed by atoms with van der Waals surface area (Å²) < 4.78 is 5.42. The average molecular weight is 370 g/mol. The number of ether oxygens (including phenoxy) is 1. The lowest BCUT2D eigenvalue weighted by Gasteiger charge is -2.09. The molecule has 2 amide bonds. The molecule has 0 bridgehead atoms. The first kappa shape index (κ1) is 20.0. The first-order valence-corrected chi connectivity index (χ1v) is 8.55. The number of carbonyl (C=O) groups is 3. The maximum absolute atomic E-state index is 12.1. The van der Waals surface area contributed by atoms with Crippen LogP contribution in [0.3, 0.4) is 0 Å². The molecule has 0 saturated carbocycles.